The molecule has 0 radical (unpaired) electrons. The van der Waals surface area contributed by atoms with Crippen molar-refractivity contribution in [3.63, 3.8) is 0 Å². The van der Waals surface area contributed by atoms with Gasteiger partial charge in [0.1, 0.15) is 0 Å². The van der Waals surface area contributed by atoms with E-state index in [9.17, 15) is 0 Å². The van der Waals surface area contributed by atoms with Crippen molar-refractivity contribution in [1.82, 2.24) is 9.97 Å². The van der Waals surface area contributed by atoms with Crippen molar-refractivity contribution in [3.05, 3.63) is 182 Å². The van der Waals surface area contributed by atoms with Gasteiger partial charge >= 0.3 is 0 Å². The van der Waals surface area contributed by atoms with Crippen molar-refractivity contribution in [1.29, 1.82) is 0 Å². The average molecular weight is 643 g/mol. The largest absolute Gasteiger partial charge is 0.226 e. The van der Waals surface area contributed by atoms with Gasteiger partial charge in [0.05, 0.1) is 15.9 Å². The van der Waals surface area contributed by atoms with E-state index < -0.39 is 0 Å². The predicted molar refractivity (Wildman–Crippen MR) is 208 cm³/mol. The molecule has 3 heteroatoms. The molecule has 9 aromatic rings. The molecule has 0 unspecified atom stereocenters. The molecule has 0 aliphatic heterocycles. The lowest BCUT2D eigenvalue weighted by molar-refractivity contribution is 1.24. The van der Waals surface area contributed by atoms with Crippen molar-refractivity contribution in [2.75, 3.05) is 0 Å². The third-order valence-corrected chi connectivity index (χ3v) is 10.3. The normalized spacial score (nSPS) is 11.3. The molecule has 0 aliphatic carbocycles. The molecular formula is C46H30N2S. The molecule has 2 nitrogen and oxygen atoms in total. The van der Waals surface area contributed by atoms with E-state index in [1.807, 2.05) is 0 Å². The fourth-order valence-corrected chi connectivity index (χ4v) is 7.72. The fraction of sp³-hybridized carbons (Fsp3) is 0. The van der Waals surface area contributed by atoms with Crippen LogP contribution in [0.2, 0.25) is 0 Å². The fourth-order valence-electron chi connectivity index (χ4n) is 6.57. The van der Waals surface area contributed by atoms with Crippen LogP contribution in [0.1, 0.15) is 0 Å². The standard InChI is InChI=1S/C46H30N2S/c1-3-11-31(12-4-1)33-21-23-35(24-22-33)37-15-9-16-38(29-37)39-17-10-18-40(30-39)46-47-43(45-44(48-46)41-19-7-8-20-42(41)49-45)36-27-25-34(26-28-36)32-13-5-2-6-14-32/h1-30H. The highest BCUT2D eigenvalue weighted by atomic mass is 32.1. The topological polar surface area (TPSA) is 25.8 Å². The molecule has 0 atom stereocenters. The first kappa shape index (κ1) is 29.0. The Balaban J connectivity index is 1.10. The summed E-state index contributed by atoms with van der Waals surface area (Å²) in [7, 11) is 0. The molecule has 7 aromatic carbocycles. The Kier molecular flexibility index (Phi) is 7.38. The van der Waals surface area contributed by atoms with Crippen LogP contribution in [0.5, 0.6) is 0 Å². The second kappa shape index (κ2) is 12.5. The summed E-state index contributed by atoms with van der Waals surface area (Å²) in [6.07, 6.45) is 0. The molecule has 0 bridgehead atoms. The van der Waals surface area contributed by atoms with Gasteiger partial charge in [0, 0.05) is 21.2 Å². The quantitative estimate of drug-likeness (QED) is 0.180. The summed E-state index contributed by atoms with van der Waals surface area (Å²) in [6.45, 7) is 0. The van der Waals surface area contributed by atoms with Crippen LogP contribution >= 0.6 is 11.3 Å². The summed E-state index contributed by atoms with van der Waals surface area (Å²) >= 11 is 1.76. The molecule has 0 spiro atoms. The van der Waals surface area contributed by atoms with E-state index in [0.717, 1.165) is 49.4 Å². The van der Waals surface area contributed by atoms with Crippen LogP contribution in [-0.4, -0.2) is 9.97 Å². The van der Waals surface area contributed by atoms with Crippen LogP contribution in [0, 0.1) is 0 Å². The number of nitrogens with zero attached hydrogens (tertiary/aromatic N) is 2. The van der Waals surface area contributed by atoms with Crippen LogP contribution in [0.3, 0.4) is 0 Å². The molecule has 0 N–H and O–H groups in total. The number of hydrogen-bond acceptors (Lipinski definition) is 3. The molecule has 9 rings (SSSR count). The summed E-state index contributed by atoms with van der Waals surface area (Å²) in [6, 6.07) is 64.5. The highest BCUT2D eigenvalue weighted by Crippen LogP contribution is 2.40. The first-order chi connectivity index (χ1) is 24.3. The molecular weight excluding hydrogens is 613 g/mol. The van der Waals surface area contributed by atoms with Gasteiger partial charge in [0.25, 0.3) is 0 Å². The van der Waals surface area contributed by atoms with E-state index in [4.69, 9.17) is 9.97 Å². The second-order valence-corrected chi connectivity index (χ2v) is 13.3. The SMILES string of the molecule is c1ccc(-c2ccc(-c3cccc(-c4cccc(-c5nc(-c6ccc(-c7ccccc7)cc6)c6sc7ccccc7c6n5)c4)c3)cc2)cc1. The van der Waals surface area contributed by atoms with E-state index >= 15 is 0 Å². The molecule has 0 saturated heterocycles. The number of rotatable bonds is 6. The van der Waals surface area contributed by atoms with Crippen molar-refractivity contribution in [2.45, 2.75) is 0 Å². The zero-order valence-corrected chi connectivity index (χ0v) is 27.4. The van der Waals surface area contributed by atoms with E-state index in [0.29, 0.717) is 0 Å². The highest BCUT2D eigenvalue weighted by Gasteiger charge is 2.17. The number of thiophene rings is 1. The number of aromatic nitrogens is 2. The number of benzene rings is 7. The average Bonchev–Trinajstić information content (AvgIpc) is 3.57. The molecule has 230 valence electrons. The van der Waals surface area contributed by atoms with Gasteiger partial charge in [-0.05, 0) is 62.7 Å². The van der Waals surface area contributed by atoms with E-state index in [1.54, 1.807) is 11.3 Å². The van der Waals surface area contributed by atoms with Gasteiger partial charge in [-0.1, -0.05) is 164 Å². The van der Waals surface area contributed by atoms with Crippen LogP contribution in [0.4, 0.5) is 0 Å². The third kappa shape index (κ3) is 5.61. The summed E-state index contributed by atoms with van der Waals surface area (Å²) in [4.78, 5) is 10.5. The second-order valence-electron chi connectivity index (χ2n) is 12.2. The Morgan fingerprint density at radius 1 is 0.327 bits per heavy atom. The molecule has 0 aliphatic rings. The lowest BCUT2D eigenvalue weighted by atomic mass is 9.96. The Hall–Kier alpha value is -6.16. The molecule has 0 saturated carbocycles. The summed E-state index contributed by atoms with van der Waals surface area (Å²) in [5, 5.41) is 1.16. The highest BCUT2D eigenvalue weighted by molar-refractivity contribution is 7.26. The lowest BCUT2D eigenvalue weighted by Gasteiger charge is -2.10. The Morgan fingerprint density at radius 2 is 0.755 bits per heavy atom. The number of hydrogen-bond donors (Lipinski definition) is 0. The molecule has 49 heavy (non-hydrogen) atoms. The van der Waals surface area contributed by atoms with E-state index in [-0.39, 0.29) is 0 Å². The lowest BCUT2D eigenvalue weighted by Crippen LogP contribution is -1.94. The van der Waals surface area contributed by atoms with Gasteiger partial charge in [-0.2, -0.15) is 0 Å². The minimum Gasteiger partial charge on any atom is -0.226 e. The molecule has 0 amide bonds. The minimum absolute atomic E-state index is 0.729. The number of fused-ring (bicyclic) bond motifs is 3. The van der Waals surface area contributed by atoms with Crippen molar-refractivity contribution in [2.24, 2.45) is 0 Å². The maximum atomic E-state index is 5.27. The van der Waals surface area contributed by atoms with Crippen molar-refractivity contribution in [3.8, 4) is 67.2 Å². The van der Waals surface area contributed by atoms with Crippen molar-refractivity contribution < 1.29 is 0 Å². The smallest absolute Gasteiger partial charge is 0.160 e. The predicted octanol–water partition coefficient (Wildman–Crippen LogP) is 12.8. The first-order valence-electron chi connectivity index (χ1n) is 16.5. The monoisotopic (exact) mass is 642 g/mol. The van der Waals surface area contributed by atoms with Gasteiger partial charge in [0.15, 0.2) is 5.82 Å². The van der Waals surface area contributed by atoms with Gasteiger partial charge in [-0.3, -0.25) is 0 Å². The van der Waals surface area contributed by atoms with Crippen LogP contribution < -0.4 is 0 Å². The van der Waals surface area contributed by atoms with Crippen LogP contribution in [0.25, 0.3) is 87.5 Å². The Bertz CT molecular complexity index is 2570. The zero-order valence-electron chi connectivity index (χ0n) is 26.6. The van der Waals surface area contributed by atoms with Crippen molar-refractivity contribution >= 4 is 31.6 Å². The van der Waals surface area contributed by atoms with Crippen LogP contribution in [0.15, 0.2) is 182 Å². The van der Waals surface area contributed by atoms with Gasteiger partial charge < -0.3 is 0 Å². The first-order valence-corrected chi connectivity index (χ1v) is 17.3. The van der Waals surface area contributed by atoms with Gasteiger partial charge in [0.2, 0.25) is 0 Å². The third-order valence-electron chi connectivity index (χ3n) is 9.13. The summed E-state index contributed by atoms with van der Waals surface area (Å²) < 4.78 is 2.33. The summed E-state index contributed by atoms with van der Waals surface area (Å²) in [5.41, 5.74) is 13.5. The zero-order chi connectivity index (χ0) is 32.6. The maximum Gasteiger partial charge on any atom is 0.160 e. The maximum absolute atomic E-state index is 5.27. The molecule has 2 aromatic heterocycles. The van der Waals surface area contributed by atoms with Gasteiger partial charge in [-0.15, -0.1) is 11.3 Å². The molecule has 0 fully saturated rings. The molecule has 2 heterocycles. The van der Waals surface area contributed by atoms with E-state index in [2.05, 4.69) is 182 Å². The van der Waals surface area contributed by atoms with E-state index in [1.165, 1.54) is 38.1 Å². The summed E-state index contributed by atoms with van der Waals surface area (Å²) in [5.74, 6) is 0.729. The minimum atomic E-state index is 0.729. The Morgan fingerprint density at radius 3 is 1.37 bits per heavy atom. The van der Waals surface area contributed by atoms with Crippen LogP contribution in [-0.2, 0) is 0 Å². The Labute approximate surface area is 289 Å². The van der Waals surface area contributed by atoms with Gasteiger partial charge in [-0.25, -0.2) is 9.97 Å².